The molecule has 0 aliphatic carbocycles. The number of aromatic nitrogens is 1. The van der Waals surface area contributed by atoms with Crippen molar-refractivity contribution in [3.8, 4) is 22.6 Å². The summed E-state index contributed by atoms with van der Waals surface area (Å²) in [5, 5.41) is 13.7. The number of aliphatic hydroxyl groups is 1. The van der Waals surface area contributed by atoms with Crippen molar-refractivity contribution < 1.29 is 9.63 Å². The summed E-state index contributed by atoms with van der Waals surface area (Å²) in [5.74, 6) is 0.700. The lowest BCUT2D eigenvalue weighted by molar-refractivity contribution is 0.199. The van der Waals surface area contributed by atoms with Gasteiger partial charge in [-0.3, -0.25) is 0 Å². The van der Waals surface area contributed by atoms with Gasteiger partial charge in [-0.25, -0.2) is 0 Å². The third kappa shape index (κ3) is 2.49. The van der Waals surface area contributed by atoms with Crippen LogP contribution in [0, 0.1) is 0 Å². The lowest BCUT2D eigenvalue weighted by atomic mass is 10.0. The normalized spacial score (nSPS) is 12.3. The van der Waals surface area contributed by atoms with Crippen LogP contribution in [0.3, 0.4) is 0 Å². The highest BCUT2D eigenvalue weighted by molar-refractivity contribution is 5.67. The molecule has 3 heteroatoms. The molecule has 0 radical (unpaired) electrons. The summed E-state index contributed by atoms with van der Waals surface area (Å²) in [6.07, 6.45) is -0.494. The van der Waals surface area contributed by atoms with Gasteiger partial charge in [0.2, 0.25) is 0 Å². The number of hydrogen-bond donors (Lipinski definition) is 1. The zero-order valence-corrected chi connectivity index (χ0v) is 11.2. The summed E-state index contributed by atoms with van der Waals surface area (Å²) in [5.41, 5.74) is 3.61. The standard InChI is InChI=1S/C17H15NO2/c1-12(19)14-8-5-9-15(10-14)17-11-16(18-20-17)13-6-3-2-4-7-13/h2-12,19H,1H3. The van der Waals surface area contributed by atoms with Crippen LogP contribution in [-0.4, -0.2) is 10.3 Å². The van der Waals surface area contributed by atoms with Crippen LogP contribution in [0.15, 0.2) is 65.2 Å². The third-order valence-electron chi connectivity index (χ3n) is 3.23. The van der Waals surface area contributed by atoms with Crippen molar-refractivity contribution in [3.05, 3.63) is 66.2 Å². The molecule has 20 heavy (non-hydrogen) atoms. The number of nitrogens with zero attached hydrogens (tertiary/aromatic N) is 1. The van der Waals surface area contributed by atoms with Gasteiger partial charge in [0.25, 0.3) is 0 Å². The van der Waals surface area contributed by atoms with E-state index in [0.717, 1.165) is 22.4 Å². The molecule has 1 atom stereocenters. The fraction of sp³-hybridized carbons (Fsp3) is 0.118. The summed E-state index contributed by atoms with van der Waals surface area (Å²) in [6.45, 7) is 1.74. The maximum Gasteiger partial charge on any atom is 0.167 e. The Kier molecular flexibility index (Phi) is 3.35. The van der Waals surface area contributed by atoms with Crippen molar-refractivity contribution >= 4 is 0 Å². The first kappa shape index (κ1) is 12.6. The highest BCUT2D eigenvalue weighted by atomic mass is 16.5. The fourth-order valence-corrected chi connectivity index (χ4v) is 2.11. The van der Waals surface area contributed by atoms with Gasteiger partial charge < -0.3 is 9.63 Å². The van der Waals surface area contributed by atoms with Gasteiger partial charge in [0.15, 0.2) is 5.76 Å². The Balaban J connectivity index is 1.96. The quantitative estimate of drug-likeness (QED) is 0.776. The highest BCUT2D eigenvalue weighted by Gasteiger charge is 2.10. The van der Waals surface area contributed by atoms with E-state index in [0.29, 0.717) is 5.76 Å². The molecule has 1 N–H and O–H groups in total. The van der Waals surface area contributed by atoms with E-state index >= 15 is 0 Å². The lowest BCUT2D eigenvalue weighted by Gasteiger charge is -2.05. The van der Waals surface area contributed by atoms with Gasteiger partial charge in [-0.1, -0.05) is 53.7 Å². The Morgan fingerprint density at radius 1 is 0.950 bits per heavy atom. The summed E-state index contributed by atoms with van der Waals surface area (Å²) in [7, 11) is 0. The van der Waals surface area contributed by atoms with Crippen LogP contribution < -0.4 is 0 Å². The average Bonchev–Trinajstić information content (AvgIpc) is 2.98. The minimum absolute atomic E-state index is 0.494. The summed E-state index contributed by atoms with van der Waals surface area (Å²) in [6, 6.07) is 19.5. The Labute approximate surface area is 117 Å². The largest absolute Gasteiger partial charge is 0.389 e. The molecule has 1 unspecified atom stereocenters. The number of hydrogen-bond acceptors (Lipinski definition) is 3. The monoisotopic (exact) mass is 265 g/mol. The Morgan fingerprint density at radius 2 is 1.70 bits per heavy atom. The van der Waals surface area contributed by atoms with Gasteiger partial charge in [-0.15, -0.1) is 0 Å². The van der Waals surface area contributed by atoms with Crippen LogP contribution in [0.25, 0.3) is 22.6 Å². The molecule has 0 bridgehead atoms. The van der Waals surface area contributed by atoms with Crippen LogP contribution in [0.4, 0.5) is 0 Å². The first-order chi connectivity index (χ1) is 9.74. The molecule has 100 valence electrons. The lowest BCUT2D eigenvalue weighted by Crippen LogP contribution is -1.90. The number of benzene rings is 2. The molecule has 0 aliphatic rings. The molecule has 1 heterocycles. The van der Waals surface area contributed by atoms with Crippen molar-refractivity contribution in [1.82, 2.24) is 5.16 Å². The smallest absolute Gasteiger partial charge is 0.167 e. The fourth-order valence-electron chi connectivity index (χ4n) is 2.11. The first-order valence-corrected chi connectivity index (χ1v) is 6.54. The minimum atomic E-state index is -0.494. The molecule has 3 rings (SSSR count). The molecule has 2 aromatic carbocycles. The van der Waals surface area contributed by atoms with Gasteiger partial charge in [-0.2, -0.15) is 0 Å². The van der Waals surface area contributed by atoms with Crippen molar-refractivity contribution in [1.29, 1.82) is 0 Å². The Hall–Kier alpha value is -2.39. The van der Waals surface area contributed by atoms with E-state index < -0.39 is 6.10 Å². The highest BCUT2D eigenvalue weighted by Crippen LogP contribution is 2.27. The van der Waals surface area contributed by atoms with E-state index in [1.807, 2.05) is 60.7 Å². The third-order valence-corrected chi connectivity index (χ3v) is 3.23. The van der Waals surface area contributed by atoms with Crippen LogP contribution in [-0.2, 0) is 0 Å². The summed E-state index contributed by atoms with van der Waals surface area (Å²) >= 11 is 0. The number of rotatable bonds is 3. The zero-order chi connectivity index (χ0) is 13.9. The molecular weight excluding hydrogens is 250 g/mol. The van der Waals surface area contributed by atoms with Gasteiger partial charge >= 0.3 is 0 Å². The van der Waals surface area contributed by atoms with Crippen LogP contribution in [0.1, 0.15) is 18.6 Å². The molecule has 0 aliphatic heterocycles. The predicted octanol–water partition coefficient (Wildman–Crippen LogP) is 4.06. The van der Waals surface area contributed by atoms with Crippen molar-refractivity contribution in [2.45, 2.75) is 13.0 Å². The van der Waals surface area contributed by atoms with E-state index in [9.17, 15) is 5.11 Å². The van der Waals surface area contributed by atoms with Crippen molar-refractivity contribution in [3.63, 3.8) is 0 Å². The number of aliphatic hydroxyl groups excluding tert-OH is 1. The molecule has 1 aromatic heterocycles. The van der Waals surface area contributed by atoms with Crippen LogP contribution in [0.2, 0.25) is 0 Å². The maximum atomic E-state index is 9.63. The van der Waals surface area contributed by atoms with E-state index in [4.69, 9.17) is 4.52 Å². The molecule has 0 saturated heterocycles. The van der Waals surface area contributed by atoms with E-state index in [-0.39, 0.29) is 0 Å². The molecule has 0 saturated carbocycles. The molecule has 0 fully saturated rings. The molecule has 0 spiro atoms. The second-order valence-corrected chi connectivity index (χ2v) is 4.74. The van der Waals surface area contributed by atoms with Crippen LogP contribution >= 0.6 is 0 Å². The molecule has 3 aromatic rings. The SMILES string of the molecule is CC(O)c1cccc(-c2cc(-c3ccccc3)no2)c1. The topological polar surface area (TPSA) is 46.3 Å². The summed E-state index contributed by atoms with van der Waals surface area (Å²) in [4.78, 5) is 0. The van der Waals surface area contributed by atoms with Gasteiger partial charge in [0.05, 0.1) is 6.10 Å². The predicted molar refractivity (Wildman–Crippen MR) is 78.0 cm³/mol. The Bertz CT molecular complexity index is 702. The second kappa shape index (κ2) is 5.31. The average molecular weight is 265 g/mol. The van der Waals surface area contributed by atoms with Crippen LogP contribution in [0.5, 0.6) is 0 Å². The maximum absolute atomic E-state index is 9.63. The van der Waals surface area contributed by atoms with E-state index in [1.165, 1.54) is 0 Å². The van der Waals surface area contributed by atoms with Gasteiger partial charge in [0, 0.05) is 17.2 Å². The van der Waals surface area contributed by atoms with E-state index in [1.54, 1.807) is 6.92 Å². The zero-order valence-electron chi connectivity index (χ0n) is 11.2. The molecule has 3 nitrogen and oxygen atoms in total. The van der Waals surface area contributed by atoms with E-state index in [2.05, 4.69) is 5.16 Å². The molecular formula is C17H15NO2. The van der Waals surface area contributed by atoms with Crippen molar-refractivity contribution in [2.24, 2.45) is 0 Å². The second-order valence-electron chi connectivity index (χ2n) is 4.74. The van der Waals surface area contributed by atoms with Crippen molar-refractivity contribution in [2.75, 3.05) is 0 Å². The molecule has 0 amide bonds. The Morgan fingerprint density at radius 3 is 2.45 bits per heavy atom. The first-order valence-electron chi connectivity index (χ1n) is 6.54. The minimum Gasteiger partial charge on any atom is -0.389 e. The van der Waals surface area contributed by atoms with Gasteiger partial charge in [0.1, 0.15) is 5.69 Å². The summed E-state index contributed by atoms with van der Waals surface area (Å²) < 4.78 is 5.41. The van der Waals surface area contributed by atoms with Gasteiger partial charge in [-0.05, 0) is 18.6 Å².